The van der Waals surface area contributed by atoms with Gasteiger partial charge >= 0.3 is 5.97 Å². The van der Waals surface area contributed by atoms with Crippen LogP contribution in [0.4, 0.5) is 0 Å². The maximum atomic E-state index is 12.0. The van der Waals surface area contributed by atoms with E-state index in [9.17, 15) is 9.90 Å². The number of ether oxygens (including phenoxy) is 1. The molecule has 1 aromatic rings. The van der Waals surface area contributed by atoms with Crippen LogP contribution < -0.4 is 4.84 Å². The van der Waals surface area contributed by atoms with Crippen LogP contribution in [0.5, 0.6) is 5.75 Å². The maximum absolute atomic E-state index is 12.0. The van der Waals surface area contributed by atoms with Crippen LogP contribution in [0.1, 0.15) is 33.6 Å². The van der Waals surface area contributed by atoms with Gasteiger partial charge < -0.3 is 14.7 Å². The zero-order chi connectivity index (χ0) is 15.5. The van der Waals surface area contributed by atoms with Crippen LogP contribution in [-0.4, -0.2) is 40.4 Å². The molecule has 5 nitrogen and oxygen atoms in total. The van der Waals surface area contributed by atoms with Crippen molar-refractivity contribution in [2.75, 3.05) is 6.54 Å². The summed E-state index contributed by atoms with van der Waals surface area (Å²) in [6.45, 7) is 6.03. The molecule has 1 aromatic carbocycles. The predicted octanol–water partition coefficient (Wildman–Crippen LogP) is 2.15. The van der Waals surface area contributed by atoms with E-state index >= 15 is 0 Å². The Hall–Kier alpha value is -1.59. The number of para-hydroxylation sites is 1. The molecule has 2 rings (SSSR count). The summed E-state index contributed by atoms with van der Waals surface area (Å²) in [4.78, 5) is 17.7. The van der Waals surface area contributed by atoms with E-state index in [2.05, 4.69) is 0 Å². The van der Waals surface area contributed by atoms with Gasteiger partial charge in [-0.2, -0.15) is 0 Å². The second-order valence-corrected chi connectivity index (χ2v) is 6.23. The highest BCUT2D eigenvalue weighted by atomic mass is 16.7. The van der Waals surface area contributed by atoms with Gasteiger partial charge in [0.1, 0.15) is 11.4 Å². The van der Waals surface area contributed by atoms with Crippen LogP contribution >= 0.6 is 0 Å². The average Bonchev–Trinajstić information content (AvgIpc) is 2.85. The molecule has 0 radical (unpaired) electrons. The number of nitrogens with zero attached hydrogens (tertiary/aromatic N) is 1. The first-order valence-electron chi connectivity index (χ1n) is 7.27. The van der Waals surface area contributed by atoms with Gasteiger partial charge in [0.25, 0.3) is 0 Å². The molecule has 0 saturated carbocycles. The molecule has 0 amide bonds. The second kappa shape index (κ2) is 6.45. The van der Waals surface area contributed by atoms with E-state index < -0.39 is 17.7 Å². The number of esters is 1. The quantitative estimate of drug-likeness (QED) is 0.862. The summed E-state index contributed by atoms with van der Waals surface area (Å²) in [5, 5.41) is 11.9. The topological polar surface area (TPSA) is 59.0 Å². The number of benzene rings is 1. The normalized spacial score (nSPS) is 21.0. The van der Waals surface area contributed by atoms with E-state index in [0.717, 1.165) is 6.42 Å². The van der Waals surface area contributed by atoms with Gasteiger partial charge in [-0.1, -0.05) is 18.2 Å². The number of hydroxylamine groups is 2. The predicted molar refractivity (Wildman–Crippen MR) is 78.6 cm³/mol. The largest absolute Gasteiger partial charge is 0.458 e. The van der Waals surface area contributed by atoms with Gasteiger partial charge in [-0.3, -0.25) is 0 Å². The highest BCUT2D eigenvalue weighted by molar-refractivity contribution is 5.75. The number of carbonyl (C=O) groups is 1. The minimum Gasteiger partial charge on any atom is -0.458 e. The number of aliphatic hydroxyl groups is 1. The summed E-state index contributed by atoms with van der Waals surface area (Å²) >= 11 is 0. The van der Waals surface area contributed by atoms with E-state index in [1.54, 1.807) is 25.8 Å². The van der Waals surface area contributed by atoms with Crippen LogP contribution in [0, 0.1) is 0 Å². The second-order valence-electron chi connectivity index (χ2n) is 6.23. The first-order valence-corrected chi connectivity index (χ1v) is 7.27. The molecule has 116 valence electrons. The molecule has 2 unspecified atom stereocenters. The number of hydrogen-bond acceptors (Lipinski definition) is 5. The Labute approximate surface area is 125 Å². The summed E-state index contributed by atoms with van der Waals surface area (Å²) in [5.41, 5.74) is -0.609. The minimum atomic E-state index is -1.20. The molecule has 0 aromatic heterocycles. The molecule has 21 heavy (non-hydrogen) atoms. The van der Waals surface area contributed by atoms with Gasteiger partial charge in [0.2, 0.25) is 0 Å². The molecule has 1 aliphatic rings. The number of rotatable bonds is 4. The summed E-state index contributed by atoms with van der Waals surface area (Å²) in [7, 11) is 0. The monoisotopic (exact) mass is 293 g/mol. The zero-order valence-corrected chi connectivity index (χ0v) is 12.8. The lowest BCUT2D eigenvalue weighted by Gasteiger charge is -2.29. The van der Waals surface area contributed by atoms with Crippen molar-refractivity contribution >= 4 is 5.97 Å². The van der Waals surface area contributed by atoms with Crippen LogP contribution in [0.25, 0.3) is 0 Å². The molecule has 0 bridgehead atoms. The van der Waals surface area contributed by atoms with Gasteiger partial charge in [0.15, 0.2) is 6.10 Å². The Morgan fingerprint density at radius 1 is 1.33 bits per heavy atom. The van der Waals surface area contributed by atoms with Crippen molar-refractivity contribution < 1.29 is 19.5 Å². The van der Waals surface area contributed by atoms with Crippen molar-refractivity contribution in [2.24, 2.45) is 0 Å². The fraction of sp³-hybridized carbons (Fsp3) is 0.562. The molecule has 1 aliphatic heterocycles. The Kier molecular flexibility index (Phi) is 4.85. The van der Waals surface area contributed by atoms with Crippen molar-refractivity contribution in [1.82, 2.24) is 5.06 Å². The summed E-state index contributed by atoms with van der Waals surface area (Å²) in [5.74, 6) is 0.0943. The Morgan fingerprint density at radius 2 is 2.00 bits per heavy atom. The molecule has 1 heterocycles. The van der Waals surface area contributed by atoms with E-state index in [1.807, 2.05) is 30.3 Å². The van der Waals surface area contributed by atoms with Crippen LogP contribution in [0.15, 0.2) is 30.3 Å². The van der Waals surface area contributed by atoms with E-state index in [-0.39, 0.29) is 6.04 Å². The van der Waals surface area contributed by atoms with Gasteiger partial charge in [-0.15, -0.1) is 5.06 Å². The number of aliphatic hydroxyl groups excluding tert-OH is 1. The van der Waals surface area contributed by atoms with Gasteiger partial charge in [0.05, 0.1) is 6.04 Å². The van der Waals surface area contributed by atoms with Crippen molar-refractivity contribution in [3.8, 4) is 5.75 Å². The van der Waals surface area contributed by atoms with E-state index in [0.29, 0.717) is 18.7 Å². The molecule has 1 fully saturated rings. The fourth-order valence-corrected chi connectivity index (χ4v) is 2.33. The van der Waals surface area contributed by atoms with E-state index in [1.165, 1.54) is 0 Å². The molecule has 0 aliphatic carbocycles. The number of carbonyl (C=O) groups excluding carboxylic acids is 1. The summed E-state index contributed by atoms with van der Waals surface area (Å²) < 4.78 is 5.24. The average molecular weight is 293 g/mol. The van der Waals surface area contributed by atoms with Crippen molar-refractivity contribution in [2.45, 2.75) is 51.4 Å². The first kappa shape index (κ1) is 15.8. The van der Waals surface area contributed by atoms with E-state index in [4.69, 9.17) is 9.57 Å². The molecule has 1 N–H and O–H groups in total. The van der Waals surface area contributed by atoms with Crippen molar-refractivity contribution in [3.63, 3.8) is 0 Å². The molecular formula is C16H23NO4. The summed E-state index contributed by atoms with van der Waals surface area (Å²) in [6, 6.07) is 8.98. The minimum absolute atomic E-state index is 0.375. The highest BCUT2D eigenvalue weighted by Gasteiger charge is 2.38. The highest BCUT2D eigenvalue weighted by Crippen LogP contribution is 2.24. The van der Waals surface area contributed by atoms with Gasteiger partial charge in [-0.25, -0.2) is 4.79 Å². The van der Waals surface area contributed by atoms with Crippen LogP contribution in [0.2, 0.25) is 0 Å². The lowest BCUT2D eigenvalue weighted by atomic mass is 10.1. The number of hydrogen-bond donors (Lipinski definition) is 1. The fourth-order valence-electron chi connectivity index (χ4n) is 2.33. The smallest absolute Gasteiger partial charge is 0.337 e. The Balaban J connectivity index is 1.99. The standard InChI is InChI=1S/C16H23NO4/c1-16(2,3)20-15(19)14(18)13-10-7-11-17(13)21-12-8-5-4-6-9-12/h4-6,8-9,13-14,18H,7,10-11H2,1-3H3. The third kappa shape index (κ3) is 4.44. The lowest BCUT2D eigenvalue weighted by Crippen LogP contribution is -2.47. The third-order valence-electron chi connectivity index (χ3n) is 3.23. The van der Waals surface area contributed by atoms with Crippen LogP contribution in [0.3, 0.4) is 0 Å². The molecule has 1 saturated heterocycles. The SMILES string of the molecule is CC(C)(C)OC(=O)C(O)C1CCCN1Oc1ccccc1. The Morgan fingerprint density at radius 3 is 2.62 bits per heavy atom. The Bertz CT molecular complexity index is 469. The van der Waals surface area contributed by atoms with Crippen LogP contribution in [-0.2, 0) is 9.53 Å². The van der Waals surface area contributed by atoms with Gasteiger partial charge in [0, 0.05) is 6.54 Å². The van der Waals surface area contributed by atoms with Crippen molar-refractivity contribution in [1.29, 1.82) is 0 Å². The molecule has 5 heteroatoms. The molecular weight excluding hydrogens is 270 g/mol. The maximum Gasteiger partial charge on any atom is 0.337 e. The lowest BCUT2D eigenvalue weighted by molar-refractivity contribution is -0.176. The first-order chi connectivity index (χ1) is 9.87. The van der Waals surface area contributed by atoms with Gasteiger partial charge in [-0.05, 0) is 45.7 Å². The molecule has 2 atom stereocenters. The molecule has 0 spiro atoms. The third-order valence-corrected chi connectivity index (χ3v) is 3.23. The van der Waals surface area contributed by atoms with Crippen molar-refractivity contribution in [3.05, 3.63) is 30.3 Å². The zero-order valence-electron chi connectivity index (χ0n) is 12.8. The summed E-state index contributed by atoms with van der Waals surface area (Å²) in [6.07, 6.45) is 0.375.